The Hall–Kier alpha value is -1.84. The average molecular weight is 277 g/mol. The molecular formula is C16H24FN3. The van der Waals surface area contributed by atoms with E-state index in [2.05, 4.69) is 21.8 Å². The molecule has 0 unspecified atom stereocenters. The van der Waals surface area contributed by atoms with Gasteiger partial charge in [-0.2, -0.15) is 0 Å². The minimum atomic E-state index is -0.167. The number of rotatable bonds is 6. The molecule has 4 heteroatoms. The van der Waals surface area contributed by atoms with Crippen molar-refractivity contribution in [3.63, 3.8) is 0 Å². The summed E-state index contributed by atoms with van der Waals surface area (Å²) in [5.74, 6) is 0.677. The van der Waals surface area contributed by atoms with E-state index in [4.69, 9.17) is 0 Å². The standard InChI is InChI=1S/C16H24FN3/c1-5-6-7-10-20(4)16(18-3)19-12-14-8-9-15(17)13(2)11-14/h5,8-9,11H,1,6-7,10,12H2,2-4H3,(H,18,19). The van der Waals surface area contributed by atoms with Gasteiger partial charge in [0.2, 0.25) is 0 Å². The van der Waals surface area contributed by atoms with Crippen LogP contribution >= 0.6 is 0 Å². The van der Waals surface area contributed by atoms with Crippen LogP contribution in [0.2, 0.25) is 0 Å². The molecule has 0 fully saturated rings. The minimum absolute atomic E-state index is 0.167. The van der Waals surface area contributed by atoms with Crippen molar-refractivity contribution < 1.29 is 4.39 Å². The van der Waals surface area contributed by atoms with Gasteiger partial charge >= 0.3 is 0 Å². The van der Waals surface area contributed by atoms with Crippen molar-refractivity contribution in [1.82, 2.24) is 10.2 Å². The third-order valence-electron chi connectivity index (χ3n) is 3.15. The Morgan fingerprint density at radius 2 is 2.25 bits per heavy atom. The second-order valence-electron chi connectivity index (χ2n) is 4.84. The van der Waals surface area contributed by atoms with Crippen LogP contribution in [0, 0.1) is 12.7 Å². The topological polar surface area (TPSA) is 27.6 Å². The van der Waals surface area contributed by atoms with Gasteiger partial charge in [-0.15, -0.1) is 6.58 Å². The van der Waals surface area contributed by atoms with E-state index in [1.165, 1.54) is 6.07 Å². The third kappa shape index (κ3) is 5.03. The fraction of sp³-hybridized carbons (Fsp3) is 0.438. The lowest BCUT2D eigenvalue weighted by molar-refractivity contribution is 0.470. The second-order valence-corrected chi connectivity index (χ2v) is 4.84. The number of unbranched alkanes of at least 4 members (excludes halogenated alkanes) is 1. The molecule has 0 heterocycles. The van der Waals surface area contributed by atoms with Crippen LogP contribution in [0.3, 0.4) is 0 Å². The molecule has 0 aromatic heterocycles. The summed E-state index contributed by atoms with van der Waals surface area (Å²) in [5, 5.41) is 3.29. The van der Waals surface area contributed by atoms with Crippen LogP contribution < -0.4 is 5.32 Å². The maximum absolute atomic E-state index is 13.2. The van der Waals surface area contributed by atoms with Gasteiger partial charge in [0.1, 0.15) is 5.82 Å². The first-order valence-corrected chi connectivity index (χ1v) is 6.86. The molecule has 110 valence electrons. The number of hydrogen-bond acceptors (Lipinski definition) is 1. The van der Waals surface area contributed by atoms with E-state index in [0.29, 0.717) is 12.1 Å². The maximum atomic E-state index is 13.2. The van der Waals surface area contributed by atoms with Crippen LogP contribution in [0.15, 0.2) is 35.8 Å². The number of aliphatic imine (C=N–C) groups is 1. The van der Waals surface area contributed by atoms with Gasteiger partial charge in [-0.25, -0.2) is 4.39 Å². The first-order valence-electron chi connectivity index (χ1n) is 6.86. The van der Waals surface area contributed by atoms with Crippen molar-refractivity contribution in [2.75, 3.05) is 20.6 Å². The Bertz CT molecular complexity index is 469. The highest BCUT2D eigenvalue weighted by molar-refractivity contribution is 5.79. The summed E-state index contributed by atoms with van der Waals surface area (Å²) in [6, 6.07) is 5.15. The van der Waals surface area contributed by atoms with Gasteiger partial charge in [0.15, 0.2) is 5.96 Å². The van der Waals surface area contributed by atoms with Crippen LogP contribution in [0.4, 0.5) is 4.39 Å². The van der Waals surface area contributed by atoms with Crippen molar-refractivity contribution in [1.29, 1.82) is 0 Å². The lowest BCUT2D eigenvalue weighted by atomic mass is 10.1. The van der Waals surface area contributed by atoms with Crippen LogP contribution in [-0.2, 0) is 6.54 Å². The molecule has 1 aromatic carbocycles. The summed E-state index contributed by atoms with van der Waals surface area (Å²) in [6.45, 7) is 7.05. The van der Waals surface area contributed by atoms with E-state index in [9.17, 15) is 4.39 Å². The van der Waals surface area contributed by atoms with Gasteiger partial charge in [-0.3, -0.25) is 4.99 Å². The molecule has 1 aromatic rings. The smallest absolute Gasteiger partial charge is 0.193 e. The monoisotopic (exact) mass is 277 g/mol. The molecule has 0 atom stereocenters. The molecular weight excluding hydrogens is 253 g/mol. The van der Waals surface area contributed by atoms with Gasteiger partial charge in [0, 0.05) is 27.2 Å². The second kappa shape index (κ2) is 8.35. The van der Waals surface area contributed by atoms with Crippen molar-refractivity contribution in [2.45, 2.75) is 26.3 Å². The molecule has 0 aliphatic rings. The summed E-state index contributed by atoms with van der Waals surface area (Å²) < 4.78 is 13.2. The zero-order chi connectivity index (χ0) is 15.0. The number of hydrogen-bond donors (Lipinski definition) is 1. The molecule has 0 bridgehead atoms. The van der Waals surface area contributed by atoms with E-state index >= 15 is 0 Å². The largest absolute Gasteiger partial charge is 0.352 e. The van der Waals surface area contributed by atoms with Gasteiger partial charge in [-0.05, 0) is 37.0 Å². The Morgan fingerprint density at radius 1 is 1.50 bits per heavy atom. The predicted molar refractivity (Wildman–Crippen MR) is 83.4 cm³/mol. The molecule has 20 heavy (non-hydrogen) atoms. The van der Waals surface area contributed by atoms with Crippen LogP contribution in [-0.4, -0.2) is 31.5 Å². The summed E-state index contributed by atoms with van der Waals surface area (Å²) in [7, 11) is 3.77. The molecule has 0 saturated heterocycles. The van der Waals surface area contributed by atoms with Crippen molar-refractivity contribution in [3.8, 4) is 0 Å². The summed E-state index contributed by atoms with van der Waals surface area (Å²) >= 11 is 0. The maximum Gasteiger partial charge on any atom is 0.193 e. The van der Waals surface area contributed by atoms with E-state index < -0.39 is 0 Å². The first kappa shape index (κ1) is 16.2. The number of allylic oxidation sites excluding steroid dienone is 1. The molecule has 0 spiro atoms. The van der Waals surface area contributed by atoms with Gasteiger partial charge in [0.05, 0.1) is 0 Å². The highest BCUT2D eigenvalue weighted by Crippen LogP contribution is 2.09. The molecule has 3 nitrogen and oxygen atoms in total. The Kier molecular flexibility index (Phi) is 6.77. The molecule has 0 aliphatic heterocycles. The molecule has 0 saturated carbocycles. The predicted octanol–water partition coefficient (Wildman–Crippen LogP) is 3.11. The Morgan fingerprint density at radius 3 is 2.85 bits per heavy atom. The van der Waals surface area contributed by atoms with Gasteiger partial charge < -0.3 is 10.2 Å². The molecule has 1 N–H and O–H groups in total. The van der Waals surface area contributed by atoms with Crippen LogP contribution in [0.25, 0.3) is 0 Å². The van der Waals surface area contributed by atoms with Gasteiger partial charge in [0.25, 0.3) is 0 Å². The Balaban J connectivity index is 2.52. The normalized spacial score (nSPS) is 11.3. The SMILES string of the molecule is C=CCCCN(C)C(=NC)NCc1ccc(F)c(C)c1. The van der Waals surface area contributed by atoms with E-state index in [-0.39, 0.29) is 5.82 Å². The highest BCUT2D eigenvalue weighted by Gasteiger charge is 2.05. The van der Waals surface area contributed by atoms with Crippen molar-refractivity contribution in [3.05, 3.63) is 47.8 Å². The first-order chi connectivity index (χ1) is 9.58. The Labute approximate surface area is 121 Å². The van der Waals surface area contributed by atoms with Gasteiger partial charge in [-0.1, -0.05) is 18.2 Å². The molecule has 0 amide bonds. The zero-order valence-electron chi connectivity index (χ0n) is 12.6. The summed E-state index contributed by atoms with van der Waals surface area (Å²) in [4.78, 5) is 6.34. The van der Waals surface area contributed by atoms with E-state index in [0.717, 1.165) is 30.9 Å². The number of halogens is 1. The quantitative estimate of drug-likeness (QED) is 0.374. The lowest BCUT2D eigenvalue weighted by Crippen LogP contribution is -2.38. The fourth-order valence-electron chi connectivity index (χ4n) is 1.96. The number of aryl methyl sites for hydroxylation is 1. The molecule has 0 radical (unpaired) electrons. The minimum Gasteiger partial charge on any atom is -0.352 e. The van der Waals surface area contributed by atoms with Crippen LogP contribution in [0.1, 0.15) is 24.0 Å². The number of nitrogens with one attached hydrogen (secondary N) is 1. The average Bonchev–Trinajstić information content (AvgIpc) is 2.43. The molecule has 0 aliphatic carbocycles. The summed E-state index contributed by atoms with van der Waals surface area (Å²) in [5.41, 5.74) is 1.71. The number of guanidine groups is 1. The lowest BCUT2D eigenvalue weighted by Gasteiger charge is -2.22. The number of benzene rings is 1. The van der Waals surface area contributed by atoms with Crippen molar-refractivity contribution >= 4 is 5.96 Å². The summed E-state index contributed by atoms with van der Waals surface area (Å²) in [6.07, 6.45) is 3.97. The fourth-order valence-corrected chi connectivity index (χ4v) is 1.96. The van der Waals surface area contributed by atoms with E-state index in [1.807, 2.05) is 19.2 Å². The van der Waals surface area contributed by atoms with E-state index in [1.54, 1.807) is 20.0 Å². The molecule has 1 rings (SSSR count). The van der Waals surface area contributed by atoms with Crippen LogP contribution in [0.5, 0.6) is 0 Å². The number of nitrogens with zero attached hydrogens (tertiary/aromatic N) is 2. The van der Waals surface area contributed by atoms with Crippen molar-refractivity contribution in [2.24, 2.45) is 4.99 Å². The highest BCUT2D eigenvalue weighted by atomic mass is 19.1. The zero-order valence-corrected chi connectivity index (χ0v) is 12.6. The third-order valence-corrected chi connectivity index (χ3v) is 3.15.